The van der Waals surface area contributed by atoms with Crippen LogP contribution in [0.15, 0.2) is 24.3 Å². The molecule has 1 aromatic carbocycles. The van der Waals surface area contributed by atoms with E-state index < -0.39 is 24.0 Å². The number of alkyl halides is 2. The molecule has 0 radical (unpaired) electrons. The highest BCUT2D eigenvalue weighted by atomic mass is 19.3. The summed E-state index contributed by atoms with van der Waals surface area (Å²) < 4.78 is 56.8. The van der Waals surface area contributed by atoms with E-state index in [2.05, 4.69) is 23.8 Å². The Labute approximate surface area is 184 Å². The zero-order valence-corrected chi connectivity index (χ0v) is 18.6. The molecule has 0 bridgehead atoms. The monoisotopic (exact) mass is 440 g/mol. The first kappa shape index (κ1) is 24.1. The van der Waals surface area contributed by atoms with Crippen LogP contribution in [0.1, 0.15) is 95.5 Å². The molecule has 2 aliphatic rings. The number of rotatable bonds is 9. The first-order chi connectivity index (χ1) is 15.0. The Morgan fingerprint density at radius 2 is 1.48 bits per heavy atom. The quantitative estimate of drug-likeness (QED) is 0.212. The molecular weight excluding hydrogens is 404 g/mol. The molecule has 0 aliphatic heterocycles. The summed E-state index contributed by atoms with van der Waals surface area (Å²) in [6.45, 7) is -1.07. The Hall–Kier alpha value is -1.52. The van der Waals surface area contributed by atoms with Crippen molar-refractivity contribution >= 4 is 0 Å². The third-order valence-electron chi connectivity index (χ3n) is 7.41. The van der Waals surface area contributed by atoms with E-state index in [1.807, 2.05) is 0 Å². The van der Waals surface area contributed by atoms with Crippen LogP contribution in [0.3, 0.4) is 0 Å². The highest BCUT2D eigenvalue weighted by molar-refractivity contribution is 5.33. The predicted molar refractivity (Wildman–Crippen MR) is 116 cm³/mol. The van der Waals surface area contributed by atoms with E-state index in [0.29, 0.717) is 11.5 Å². The van der Waals surface area contributed by atoms with Crippen LogP contribution in [0.4, 0.5) is 17.6 Å². The zero-order chi connectivity index (χ0) is 22.2. The number of allylic oxidation sites excluding steroid dienone is 2. The van der Waals surface area contributed by atoms with Crippen molar-refractivity contribution in [3.63, 3.8) is 0 Å². The van der Waals surface area contributed by atoms with Gasteiger partial charge in [0.2, 0.25) is 0 Å². The van der Waals surface area contributed by atoms with Gasteiger partial charge in [0.05, 0.1) is 0 Å². The van der Waals surface area contributed by atoms with Crippen molar-refractivity contribution in [1.29, 1.82) is 0 Å². The summed E-state index contributed by atoms with van der Waals surface area (Å²) in [4.78, 5) is 0. The van der Waals surface area contributed by atoms with Crippen molar-refractivity contribution in [3.05, 3.63) is 41.5 Å². The van der Waals surface area contributed by atoms with Gasteiger partial charge in [0.25, 0.3) is 0 Å². The van der Waals surface area contributed by atoms with Crippen molar-refractivity contribution in [2.75, 3.05) is 0 Å². The highest BCUT2D eigenvalue weighted by Gasteiger charge is 2.32. The summed E-state index contributed by atoms with van der Waals surface area (Å²) in [5, 5.41) is 0. The predicted octanol–water partition coefficient (Wildman–Crippen LogP) is 8.78. The van der Waals surface area contributed by atoms with Crippen LogP contribution in [0.2, 0.25) is 0 Å². The molecule has 5 heteroatoms. The van der Waals surface area contributed by atoms with Crippen LogP contribution >= 0.6 is 0 Å². The summed E-state index contributed by atoms with van der Waals surface area (Å²) in [6.07, 6.45) is 18.8. The Kier molecular flexibility index (Phi) is 9.28. The topological polar surface area (TPSA) is 9.23 Å². The van der Waals surface area contributed by atoms with Crippen molar-refractivity contribution in [2.24, 2.45) is 17.8 Å². The summed E-state index contributed by atoms with van der Waals surface area (Å²) in [5.74, 6) is -0.600. The lowest BCUT2D eigenvalue weighted by Crippen LogP contribution is -2.25. The van der Waals surface area contributed by atoms with Gasteiger partial charge in [-0.2, -0.15) is 8.78 Å². The number of hydrogen-bond acceptors (Lipinski definition) is 1. The normalized spacial score (nSPS) is 27.2. The van der Waals surface area contributed by atoms with Gasteiger partial charge in [-0.3, -0.25) is 0 Å². The van der Waals surface area contributed by atoms with Gasteiger partial charge in [-0.25, -0.2) is 8.78 Å². The van der Waals surface area contributed by atoms with E-state index in [9.17, 15) is 17.6 Å². The summed E-state index contributed by atoms with van der Waals surface area (Å²) in [6, 6.07) is 2.35. The fourth-order valence-electron chi connectivity index (χ4n) is 5.70. The minimum atomic E-state index is -3.24. The molecule has 0 N–H and O–H groups in total. The Bertz CT molecular complexity index is 678. The third kappa shape index (κ3) is 6.98. The maximum Gasteiger partial charge on any atom is 0.387 e. The molecule has 31 heavy (non-hydrogen) atoms. The number of ether oxygens (including phenoxy) is 1. The minimum Gasteiger partial charge on any atom is -0.429 e. The molecule has 0 heterocycles. The molecule has 1 aromatic rings. The van der Waals surface area contributed by atoms with Crippen LogP contribution in [-0.4, -0.2) is 6.61 Å². The van der Waals surface area contributed by atoms with Crippen LogP contribution in [0.25, 0.3) is 0 Å². The number of halogens is 4. The molecule has 0 unspecified atom stereocenters. The number of unbranched alkanes of at least 4 members (excludes halogenated alkanes) is 1. The maximum absolute atomic E-state index is 14.1. The molecule has 2 fully saturated rings. The van der Waals surface area contributed by atoms with Gasteiger partial charge in [0.15, 0.2) is 17.4 Å². The molecule has 174 valence electrons. The van der Waals surface area contributed by atoms with Crippen LogP contribution in [0.5, 0.6) is 5.75 Å². The fraction of sp³-hybridized carbons (Fsp3) is 0.692. The Morgan fingerprint density at radius 1 is 0.903 bits per heavy atom. The van der Waals surface area contributed by atoms with E-state index >= 15 is 0 Å². The van der Waals surface area contributed by atoms with E-state index in [1.165, 1.54) is 57.1 Å². The first-order valence-electron chi connectivity index (χ1n) is 12.1. The van der Waals surface area contributed by atoms with Gasteiger partial charge in [0.1, 0.15) is 0 Å². The van der Waals surface area contributed by atoms with Crippen LogP contribution in [0, 0.1) is 29.4 Å². The second-order valence-corrected chi connectivity index (χ2v) is 9.40. The molecule has 3 rings (SSSR count). The lowest BCUT2D eigenvalue weighted by Gasteiger charge is -2.38. The second-order valence-electron chi connectivity index (χ2n) is 9.40. The summed E-state index contributed by atoms with van der Waals surface area (Å²) >= 11 is 0. The largest absolute Gasteiger partial charge is 0.429 e. The minimum absolute atomic E-state index is 0.0911. The Balaban J connectivity index is 1.44. The molecule has 2 aliphatic carbocycles. The lowest BCUT2D eigenvalue weighted by molar-refractivity contribution is -0.0546. The van der Waals surface area contributed by atoms with E-state index in [0.717, 1.165) is 43.9 Å². The van der Waals surface area contributed by atoms with Crippen LogP contribution < -0.4 is 4.74 Å². The third-order valence-corrected chi connectivity index (χ3v) is 7.41. The van der Waals surface area contributed by atoms with Gasteiger partial charge >= 0.3 is 6.61 Å². The van der Waals surface area contributed by atoms with E-state index in [-0.39, 0.29) is 5.92 Å². The SMILES string of the molecule is CCC=CCCCC1CCC(C2CCC(c3cc(F)c(OC(F)F)c(F)c3)CC2)CC1. The smallest absolute Gasteiger partial charge is 0.387 e. The number of benzene rings is 1. The molecule has 0 saturated heterocycles. The fourth-order valence-corrected chi connectivity index (χ4v) is 5.70. The molecule has 0 atom stereocenters. The molecular formula is C26H36F4O. The standard InChI is InChI=1S/C26H36F4O/c1-2-3-4-5-6-7-18-8-10-19(11-9-18)20-12-14-21(15-13-20)22-16-23(27)25(24(28)17-22)31-26(29)30/h3-4,16-21,26H,2,5-15H2,1H3. The second kappa shape index (κ2) is 11.9. The van der Waals surface area contributed by atoms with Crippen molar-refractivity contribution in [1.82, 2.24) is 0 Å². The number of hydrogen-bond donors (Lipinski definition) is 0. The van der Waals surface area contributed by atoms with Gasteiger partial charge in [-0.1, -0.05) is 38.3 Å². The molecule has 1 nitrogen and oxygen atoms in total. The summed E-state index contributed by atoms with van der Waals surface area (Å²) in [5.41, 5.74) is 0.566. The Morgan fingerprint density at radius 3 is 2.03 bits per heavy atom. The van der Waals surface area contributed by atoms with Crippen molar-refractivity contribution in [2.45, 2.75) is 96.5 Å². The maximum atomic E-state index is 14.1. The van der Waals surface area contributed by atoms with E-state index in [4.69, 9.17) is 0 Å². The summed E-state index contributed by atoms with van der Waals surface area (Å²) in [7, 11) is 0. The lowest BCUT2D eigenvalue weighted by atomic mass is 9.68. The van der Waals surface area contributed by atoms with Crippen molar-refractivity contribution in [3.8, 4) is 5.75 Å². The van der Waals surface area contributed by atoms with Gasteiger partial charge in [-0.05, 0) is 99.2 Å². The first-order valence-corrected chi connectivity index (χ1v) is 12.1. The molecule has 2 saturated carbocycles. The highest BCUT2D eigenvalue weighted by Crippen LogP contribution is 2.45. The molecule has 0 spiro atoms. The van der Waals surface area contributed by atoms with Gasteiger partial charge in [0, 0.05) is 0 Å². The van der Waals surface area contributed by atoms with Crippen molar-refractivity contribution < 1.29 is 22.3 Å². The zero-order valence-electron chi connectivity index (χ0n) is 18.6. The van der Waals surface area contributed by atoms with E-state index in [1.54, 1.807) is 0 Å². The van der Waals surface area contributed by atoms with Gasteiger partial charge < -0.3 is 4.74 Å². The molecule has 0 aromatic heterocycles. The average Bonchev–Trinajstić information content (AvgIpc) is 2.76. The van der Waals surface area contributed by atoms with Gasteiger partial charge in [-0.15, -0.1) is 0 Å². The molecule has 0 amide bonds. The van der Waals surface area contributed by atoms with Crippen LogP contribution in [-0.2, 0) is 0 Å². The average molecular weight is 441 g/mol.